The Morgan fingerprint density at radius 2 is 2.00 bits per heavy atom. The molecule has 0 saturated carbocycles. The van der Waals surface area contributed by atoms with Crippen molar-refractivity contribution in [2.75, 3.05) is 14.1 Å². The number of carbonyl (C=O) groups excluding carboxylic acids is 2. The highest BCUT2D eigenvalue weighted by Crippen LogP contribution is 2.31. The lowest BCUT2D eigenvalue weighted by molar-refractivity contribution is -0.137. The van der Waals surface area contributed by atoms with E-state index < -0.39 is 12.1 Å². The van der Waals surface area contributed by atoms with Gasteiger partial charge in [0.15, 0.2) is 0 Å². The summed E-state index contributed by atoms with van der Waals surface area (Å²) < 4.78 is 5.02. The number of nitrogens with zero attached hydrogens (tertiary/aromatic N) is 1. The van der Waals surface area contributed by atoms with Crippen LogP contribution in [0.15, 0.2) is 24.3 Å². The van der Waals surface area contributed by atoms with Gasteiger partial charge in [-0.15, -0.1) is 0 Å². The van der Waals surface area contributed by atoms with E-state index in [4.69, 9.17) is 4.74 Å². The fraction of sp³-hybridized carbons (Fsp3) is 0.273. The summed E-state index contributed by atoms with van der Waals surface area (Å²) in [6.45, 7) is 0. The van der Waals surface area contributed by atoms with Gasteiger partial charge >= 0.3 is 5.97 Å². The van der Waals surface area contributed by atoms with E-state index in [0.29, 0.717) is 11.1 Å². The molecule has 4 nitrogen and oxygen atoms in total. The Kier molecular flexibility index (Phi) is 2.19. The Morgan fingerprint density at radius 1 is 1.33 bits per heavy atom. The smallest absolute Gasteiger partial charge is 0.339 e. The third kappa shape index (κ3) is 1.48. The molecule has 0 aromatic heterocycles. The number of cyclic esters (lactones) is 1. The maximum absolute atomic E-state index is 11.7. The topological polar surface area (TPSA) is 46.6 Å². The van der Waals surface area contributed by atoms with Crippen molar-refractivity contribution >= 4 is 11.9 Å². The molecule has 1 aliphatic heterocycles. The summed E-state index contributed by atoms with van der Waals surface area (Å²) >= 11 is 0. The molecule has 0 aliphatic carbocycles. The van der Waals surface area contributed by atoms with Gasteiger partial charge in [-0.05, 0) is 6.07 Å². The van der Waals surface area contributed by atoms with E-state index >= 15 is 0 Å². The monoisotopic (exact) mass is 205 g/mol. The van der Waals surface area contributed by atoms with Gasteiger partial charge in [0.25, 0.3) is 5.91 Å². The van der Waals surface area contributed by atoms with Crippen LogP contribution in [0.5, 0.6) is 0 Å². The van der Waals surface area contributed by atoms with Crippen LogP contribution in [0.2, 0.25) is 0 Å². The predicted octanol–water partition coefficient (Wildman–Crippen LogP) is 0.986. The van der Waals surface area contributed by atoms with Crippen LogP contribution in [0, 0.1) is 0 Å². The van der Waals surface area contributed by atoms with E-state index in [1.165, 1.54) is 4.90 Å². The molecule has 0 radical (unpaired) electrons. The molecular formula is C11H11NO3. The standard InChI is InChI=1S/C11H11NO3/c1-12(2)10(13)9-7-5-3-4-6-8(7)11(14)15-9/h3-6,9H,1-2H3. The molecule has 1 unspecified atom stereocenters. The van der Waals surface area contributed by atoms with Gasteiger partial charge in [0, 0.05) is 19.7 Å². The second-order valence-electron chi connectivity index (χ2n) is 3.61. The molecule has 4 heteroatoms. The molecule has 1 amide bonds. The molecule has 1 aliphatic rings. The summed E-state index contributed by atoms with van der Waals surface area (Å²) in [6, 6.07) is 6.95. The molecule has 1 aromatic carbocycles. The summed E-state index contributed by atoms with van der Waals surface area (Å²) in [4.78, 5) is 24.5. The SMILES string of the molecule is CN(C)C(=O)C1OC(=O)c2ccccc21. The van der Waals surface area contributed by atoms with Crippen molar-refractivity contribution in [2.45, 2.75) is 6.10 Å². The molecule has 0 spiro atoms. The van der Waals surface area contributed by atoms with Crippen molar-refractivity contribution in [2.24, 2.45) is 0 Å². The average Bonchev–Trinajstić information content (AvgIpc) is 2.56. The van der Waals surface area contributed by atoms with Gasteiger partial charge in [0.1, 0.15) is 0 Å². The number of amides is 1. The summed E-state index contributed by atoms with van der Waals surface area (Å²) in [5.74, 6) is -0.640. The van der Waals surface area contributed by atoms with Gasteiger partial charge in [-0.25, -0.2) is 4.79 Å². The van der Waals surface area contributed by atoms with Gasteiger partial charge in [-0.3, -0.25) is 4.79 Å². The molecule has 1 heterocycles. The molecule has 2 rings (SSSR count). The van der Waals surface area contributed by atoms with Crippen molar-refractivity contribution in [1.29, 1.82) is 0 Å². The number of carbonyl (C=O) groups is 2. The van der Waals surface area contributed by atoms with Crippen molar-refractivity contribution < 1.29 is 14.3 Å². The summed E-state index contributed by atoms with van der Waals surface area (Å²) in [6.07, 6.45) is -0.774. The summed E-state index contributed by atoms with van der Waals surface area (Å²) in [5.41, 5.74) is 1.14. The molecule has 15 heavy (non-hydrogen) atoms. The highest BCUT2D eigenvalue weighted by Gasteiger charge is 2.36. The predicted molar refractivity (Wildman–Crippen MR) is 53.3 cm³/mol. The highest BCUT2D eigenvalue weighted by atomic mass is 16.6. The average molecular weight is 205 g/mol. The lowest BCUT2D eigenvalue weighted by atomic mass is 10.0. The van der Waals surface area contributed by atoms with Crippen LogP contribution in [0.3, 0.4) is 0 Å². The van der Waals surface area contributed by atoms with Crippen LogP contribution < -0.4 is 0 Å². The molecule has 0 fully saturated rings. The maximum atomic E-state index is 11.7. The van der Waals surface area contributed by atoms with Gasteiger partial charge in [0.05, 0.1) is 5.56 Å². The summed E-state index contributed by atoms with van der Waals surface area (Å²) in [7, 11) is 3.27. The number of benzene rings is 1. The lowest BCUT2D eigenvalue weighted by Gasteiger charge is -2.15. The lowest BCUT2D eigenvalue weighted by Crippen LogP contribution is -2.28. The molecule has 1 aromatic rings. The fourth-order valence-electron chi connectivity index (χ4n) is 1.56. The Morgan fingerprint density at radius 3 is 2.67 bits per heavy atom. The van der Waals surface area contributed by atoms with E-state index in [1.807, 2.05) is 0 Å². The van der Waals surface area contributed by atoms with Crippen LogP contribution >= 0.6 is 0 Å². The zero-order valence-corrected chi connectivity index (χ0v) is 8.56. The van der Waals surface area contributed by atoms with Crippen molar-refractivity contribution in [3.63, 3.8) is 0 Å². The fourth-order valence-corrected chi connectivity index (χ4v) is 1.56. The van der Waals surface area contributed by atoms with Crippen molar-refractivity contribution in [3.05, 3.63) is 35.4 Å². The quantitative estimate of drug-likeness (QED) is 0.642. The number of hydrogen-bond donors (Lipinski definition) is 0. The zero-order valence-electron chi connectivity index (χ0n) is 8.56. The zero-order chi connectivity index (χ0) is 11.0. The number of rotatable bonds is 1. The minimum absolute atomic E-state index is 0.215. The third-order valence-electron chi connectivity index (χ3n) is 2.35. The van der Waals surface area contributed by atoms with Gasteiger partial charge in [-0.2, -0.15) is 0 Å². The van der Waals surface area contributed by atoms with E-state index in [2.05, 4.69) is 0 Å². The second-order valence-corrected chi connectivity index (χ2v) is 3.61. The van der Waals surface area contributed by atoms with E-state index in [9.17, 15) is 9.59 Å². The normalized spacial score (nSPS) is 18.3. The van der Waals surface area contributed by atoms with E-state index in [0.717, 1.165) is 0 Å². The molecule has 0 N–H and O–H groups in total. The molecule has 0 bridgehead atoms. The minimum atomic E-state index is -0.774. The molecule has 1 atom stereocenters. The highest BCUT2D eigenvalue weighted by molar-refractivity contribution is 5.99. The van der Waals surface area contributed by atoms with Gasteiger partial charge in [0.2, 0.25) is 6.10 Å². The number of hydrogen-bond acceptors (Lipinski definition) is 3. The second kappa shape index (κ2) is 3.38. The van der Waals surface area contributed by atoms with Gasteiger partial charge in [-0.1, -0.05) is 18.2 Å². The number of esters is 1. The van der Waals surface area contributed by atoms with E-state index in [-0.39, 0.29) is 5.91 Å². The summed E-state index contributed by atoms with van der Waals surface area (Å²) in [5, 5.41) is 0. The van der Waals surface area contributed by atoms with Crippen LogP contribution in [-0.4, -0.2) is 30.9 Å². The number of fused-ring (bicyclic) bond motifs is 1. The van der Waals surface area contributed by atoms with Crippen LogP contribution in [-0.2, 0) is 9.53 Å². The first-order chi connectivity index (χ1) is 7.11. The van der Waals surface area contributed by atoms with Crippen LogP contribution in [0.25, 0.3) is 0 Å². The molecular weight excluding hydrogens is 194 g/mol. The Bertz CT molecular complexity index is 426. The number of ether oxygens (including phenoxy) is 1. The van der Waals surface area contributed by atoms with Crippen LogP contribution in [0.1, 0.15) is 22.0 Å². The number of likely N-dealkylation sites (N-methyl/N-ethyl adjacent to an activating group) is 1. The minimum Gasteiger partial charge on any atom is -0.444 e. The van der Waals surface area contributed by atoms with Crippen molar-refractivity contribution in [3.8, 4) is 0 Å². The Labute approximate surface area is 87.4 Å². The first-order valence-electron chi connectivity index (χ1n) is 4.62. The third-order valence-corrected chi connectivity index (χ3v) is 2.35. The first-order valence-corrected chi connectivity index (χ1v) is 4.62. The van der Waals surface area contributed by atoms with E-state index in [1.54, 1.807) is 38.4 Å². The molecule has 0 saturated heterocycles. The Balaban J connectivity index is 2.41. The van der Waals surface area contributed by atoms with Gasteiger partial charge < -0.3 is 9.64 Å². The van der Waals surface area contributed by atoms with Crippen LogP contribution in [0.4, 0.5) is 0 Å². The first kappa shape index (κ1) is 9.71. The largest absolute Gasteiger partial charge is 0.444 e. The molecule has 78 valence electrons. The maximum Gasteiger partial charge on any atom is 0.339 e. The Hall–Kier alpha value is -1.84. The van der Waals surface area contributed by atoms with Crippen molar-refractivity contribution in [1.82, 2.24) is 4.90 Å².